The quantitative estimate of drug-likeness (QED) is 0.724. The van der Waals surface area contributed by atoms with Crippen molar-refractivity contribution in [1.82, 2.24) is 10.0 Å². The number of hydrogen-bond donors (Lipinski definition) is 2. The molecule has 0 aromatic heterocycles. The Morgan fingerprint density at radius 3 is 2.30 bits per heavy atom. The zero-order chi connectivity index (χ0) is 19.5. The average molecular weight is 415 g/mol. The molecule has 3 rings (SSSR count). The van der Waals surface area contributed by atoms with Crippen LogP contribution < -0.4 is 10.0 Å². The van der Waals surface area contributed by atoms with Crippen LogP contribution in [0.1, 0.15) is 32.1 Å². The normalized spacial score (nSPS) is 27.9. The van der Waals surface area contributed by atoms with E-state index >= 15 is 0 Å². The predicted octanol–water partition coefficient (Wildman–Crippen LogP) is 1.07. The van der Waals surface area contributed by atoms with Gasteiger partial charge in [0.2, 0.25) is 15.9 Å². The summed E-state index contributed by atoms with van der Waals surface area (Å²) in [6.45, 7) is 0.367. The summed E-state index contributed by atoms with van der Waals surface area (Å²) in [6.07, 6.45) is 3.44. The number of sulfonamides is 1. The minimum absolute atomic E-state index is 0.0371. The zero-order valence-corrected chi connectivity index (χ0v) is 16.8. The maximum Gasteiger partial charge on any atom is 0.240 e. The van der Waals surface area contributed by atoms with Crippen molar-refractivity contribution in [1.29, 1.82) is 0 Å². The number of hydrogen-bond acceptors (Lipinski definition) is 5. The van der Waals surface area contributed by atoms with Gasteiger partial charge in [0.15, 0.2) is 9.84 Å². The van der Waals surface area contributed by atoms with Gasteiger partial charge in [0, 0.05) is 18.5 Å². The molecule has 1 aromatic rings. The standard InChI is InChI=1S/C18H26N2O5S2/c21-18(20-16-10-11-26(22,23)13-16)15-8-6-14(7-9-15)12-19-27(24,25)17-4-2-1-3-5-17/h1-5,14-16,19H,6-13H2,(H,20,21). The summed E-state index contributed by atoms with van der Waals surface area (Å²) in [4.78, 5) is 12.6. The van der Waals surface area contributed by atoms with Crippen LogP contribution in [0.4, 0.5) is 0 Å². The average Bonchev–Trinajstić information content (AvgIpc) is 2.99. The van der Waals surface area contributed by atoms with E-state index in [0.29, 0.717) is 25.8 Å². The first-order valence-corrected chi connectivity index (χ1v) is 12.6. The van der Waals surface area contributed by atoms with Gasteiger partial charge in [-0.25, -0.2) is 21.6 Å². The molecule has 1 aliphatic heterocycles. The number of carbonyl (C=O) groups excluding carboxylic acids is 1. The summed E-state index contributed by atoms with van der Waals surface area (Å²) in [5, 5.41) is 2.87. The first kappa shape index (κ1) is 20.3. The van der Waals surface area contributed by atoms with Crippen LogP contribution in [-0.2, 0) is 24.7 Å². The second-order valence-electron chi connectivity index (χ2n) is 7.49. The molecule has 2 N–H and O–H groups in total. The van der Waals surface area contributed by atoms with Gasteiger partial charge < -0.3 is 5.32 Å². The first-order chi connectivity index (χ1) is 12.8. The van der Waals surface area contributed by atoms with E-state index in [9.17, 15) is 21.6 Å². The van der Waals surface area contributed by atoms with Gasteiger partial charge in [-0.3, -0.25) is 4.79 Å². The molecule has 1 amide bonds. The summed E-state index contributed by atoms with van der Waals surface area (Å²) in [7, 11) is -6.51. The first-order valence-electron chi connectivity index (χ1n) is 9.31. The molecule has 1 saturated carbocycles. The molecule has 7 nitrogen and oxygen atoms in total. The van der Waals surface area contributed by atoms with E-state index in [1.165, 1.54) is 0 Å². The zero-order valence-electron chi connectivity index (χ0n) is 15.1. The van der Waals surface area contributed by atoms with Crippen molar-refractivity contribution in [3.05, 3.63) is 30.3 Å². The van der Waals surface area contributed by atoms with Crippen LogP contribution in [0.3, 0.4) is 0 Å². The summed E-state index contributed by atoms with van der Waals surface area (Å²) in [5.74, 6) is 0.205. The Morgan fingerprint density at radius 2 is 1.70 bits per heavy atom. The predicted molar refractivity (Wildman–Crippen MR) is 102 cm³/mol. The Hall–Kier alpha value is -1.45. The van der Waals surface area contributed by atoms with Crippen LogP contribution in [0.5, 0.6) is 0 Å². The molecule has 1 heterocycles. The monoisotopic (exact) mass is 414 g/mol. The highest BCUT2D eigenvalue weighted by molar-refractivity contribution is 7.91. The van der Waals surface area contributed by atoms with E-state index in [0.717, 1.165) is 12.8 Å². The van der Waals surface area contributed by atoms with Crippen LogP contribution in [0, 0.1) is 11.8 Å². The van der Waals surface area contributed by atoms with Crippen LogP contribution in [0.2, 0.25) is 0 Å². The van der Waals surface area contributed by atoms with Crippen molar-refractivity contribution in [3.63, 3.8) is 0 Å². The lowest BCUT2D eigenvalue weighted by atomic mass is 9.81. The highest BCUT2D eigenvalue weighted by Gasteiger charge is 2.32. The van der Waals surface area contributed by atoms with E-state index in [-0.39, 0.29) is 40.2 Å². The fourth-order valence-corrected chi connectivity index (χ4v) is 6.58. The third kappa shape index (κ3) is 5.52. The minimum Gasteiger partial charge on any atom is -0.352 e. The molecule has 1 unspecified atom stereocenters. The van der Waals surface area contributed by atoms with E-state index in [2.05, 4.69) is 10.0 Å². The second-order valence-corrected chi connectivity index (χ2v) is 11.5. The highest BCUT2D eigenvalue weighted by atomic mass is 32.2. The van der Waals surface area contributed by atoms with Crippen molar-refractivity contribution in [2.24, 2.45) is 11.8 Å². The molecule has 150 valence electrons. The summed E-state index contributed by atoms with van der Waals surface area (Å²) in [6, 6.07) is 8.01. The number of nitrogens with one attached hydrogen (secondary N) is 2. The molecule has 9 heteroatoms. The number of rotatable bonds is 6. The number of amides is 1. The maximum absolute atomic E-state index is 12.4. The fourth-order valence-electron chi connectivity index (χ4n) is 3.77. The van der Waals surface area contributed by atoms with E-state index < -0.39 is 19.9 Å². The van der Waals surface area contributed by atoms with Crippen molar-refractivity contribution >= 4 is 25.8 Å². The van der Waals surface area contributed by atoms with Crippen molar-refractivity contribution < 1.29 is 21.6 Å². The number of benzene rings is 1. The maximum atomic E-state index is 12.4. The van der Waals surface area contributed by atoms with Gasteiger partial charge in [-0.05, 0) is 50.2 Å². The molecule has 0 bridgehead atoms. The lowest BCUT2D eigenvalue weighted by molar-refractivity contribution is -0.126. The Morgan fingerprint density at radius 1 is 1.04 bits per heavy atom. The molecular weight excluding hydrogens is 388 g/mol. The molecule has 1 aromatic carbocycles. The Bertz CT molecular complexity index is 860. The molecule has 1 aliphatic carbocycles. The van der Waals surface area contributed by atoms with Gasteiger partial charge in [0.1, 0.15) is 0 Å². The van der Waals surface area contributed by atoms with Crippen molar-refractivity contribution in [2.45, 2.75) is 43.0 Å². The molecule has 0 spiro atoms. The lowest BCUT2D eigenvalue weighted by Crippen LogP contribution is -2.41. The van der Waals surface area contributed by atoms with Gasteiger partial charge in [-0.15, -0.1) is 0 Å². The topological polar surface area (TPSA) is 109 Å². The Kier molecular flexibility index (Phi) is 6.22. The van der Waals surface area contributed by atoms with E-state index in [4.69, 9.17) is 0 Å². The summed E-state index contributed by atoms with van der Waals surface area (Å²) < 4.78 is 50.2. The Balaban J connectivity index is 1.43. The van der Waals surface area contributed by atoms with Gasteiger partial charge >= 0.3 is 0 Å². The van der Waals surface area contributed by atoms with Crippen molar-refractivity contribution in [2.75, 3.05) is 18.1 Å². The third-order valence-corrected chi connectivity index (χ3v) is 8.62. The Labute approximate surface area is 160 Å². The molecule has 2 aliphatic rings. The summed E-state index contributed by atoms with van der Waals surface area (Å²) >= 11 is 0. The summed E-state index contributed by atoms with van der Waals surface area (Å²) in [5.41, 5.74) is 0. The van der Waals surface area contributed by atoms with E-state index in [1.807, 2.05) is 0 Å². The molecular formula is C18H26N2O5S2. The van der Waals surface area contributed by atoms with E-state index in [1.54, 1.807) is 30.3 Å². The smallest absolute Gasteiger partial charge is 0.240 e. The largest absolute Gasteiger partial charge is 0.352 e. The van der Waals surface area contributed by atoms with Crippen LogP contribution in [0.15, 0.2) is 35.2 Å². The van der Waals surface area contributed by atoms with Crippen LogP contribution in [0.25, 0.3) is 0 Å². The molecule has 1 atom stereocenters. The van der Waals surface area contributed by atoms with Gasteiger partial charge in [0.05, 0.1) is 16.4 Å². The number of carbonyl (C=O) groups is 1. The molecule has 1 saturated heterocycles. The van der Waals surface area contributed by atoms with Crippen molar-refractivity contribution in [3.8, 4) is 0 Å². The SMILES string of the molecule is O=C(NC1CCS(=O)(=O)C1)C1CCC(CNS(=O)(=O)c2ccccc2)CC1. The van der Waals surface area contributed by atoms with Crippen LogP contribution in [-0.4, -0.2) is 46.8 Å². The highest BCUT2D eigenvalue weighted by Crippen LogP contribution is 2.29. The van der Waals surface area contributed by atoms with Crippen LogP contribution >= 0.6 is 0 Å². The molecule has 2 fully saturated rings. The molecule has 27 heavy (non-hydrogen) atoms. The number of sulfone groups is 1. The van der Waals surface area contributed by atoms with Gasteiger partial charge in [-0.2, -0.15) is 0 Å². The van der Waals surface area contributed by atoms with Gasteiger partial charge in [0.25, 0.3) is 0 Å². The lowest BCUT2D eigenvalue weighted by Gasteiger charge is -2.28. The third-order valence-electron chi connectivity index (χ3n) is 5.41. The molecule has 0 radical (unpaired) electrons. The van der Waals surface area contributed by atoms with Gasteiger partial charge in [-0.1, -0.05) is 18.2 Å². The minimum atomic E-state index is -3.50. The second kappa shape index (κ2) is 8.28. The fraction of sp³-hybridized carbons (Fsp3) is 0.611.